The van der Waals surface area contributed by atoms with Crippen molar-refractivity contribution in [1.29, 1.82) is 0 Å². The third kappa shape index (κ3) is 2.18. The Morgan fingerprint density at radius 1 is 1.44 bits per heavy atom. The van der Waals surface area contributed by atoms with Gasteiger partial charge in [-0.3, -0.25) is 4.79 Å². The summed E-state index contributed by atoms with van der Waals surface area (Å²) in [6, 6.07) is 7.97. The van der Waals surface area contributed by atoms with Crippen LogP contribution in [0.15, 0.2) is 34.9 Å². The van der Waals surface area contributed by atoms with E-state index in [-0.39, 0.29) is 12.4 Å². The summed E-state index contributed by atoms with van der Waals surface area (Å²) in [5, 5.41) is 1.12. The minimum absolute atomic E-state index is 0.0655. The molecule has 0 bridgehead atoms. The number of carbonyl (C=O) groups excluding carboxylic acids is 1. The van der Waals surface area contributed by atoms with Gasteiger partial charge in [-0.05, 0) is 22.0 Å². The molecule has 1 aromatic heterocycles. The maximum atomic E-state index is 11.5. The van der Waals surface area contributed by atoms with Gasteiger partial charge < -0.3 is 9.30 Å². The first-order chi connectivity index (χ1) is 7.72. The number of rotatable bonds is 4. The zero-order valence-corrected chi connectivity index (χ0v) is 10.5. The third-order valence-corrected chi connectivity index (χ3v) is 3.02. The highest BCUT2D eigenvalue weighted by Gasteiger charge is 2.08. The minimum Gasteiger partial charge on any atom is -0.377 e. The van der Waals surface area contributed by atoms with Crippen molar-refractivity contribution in [3.63, 3.8) is 0 Å². The van der Waals surface area contributed by atoms with Crippen LogP contribution in [-0.2, 0) is 16.1 Å². The number of halogens is 1. The van der Waals surface area contributed by atoms with Gasteiger partial charge >= 0.3 is 0 Å². The van der Waals surface area contributed by atoms with Crippen molar-refractivity contribution in [2.75, 3.05) is 13.7 Å². The quantitative estimate of drug-likeness (QED) is 0.863. The predicted octanol–water partition coefficient (Wildman–Crippen LogP) is 2.62. The van der Waals surface area contributed by atoms with Crippen LogP contribution in [0.25, 0.3) is 10.9 Å². The van der Waals surface area contributed by atoms with Gasteiger partial charge in [-0.2, -0.15) is 0 Å². The zero-order chi connectivity index (χ0) is 11.5. The minimum atomic E-state index is 0.0655. The smallest absolute Gasteiger partial charge is 0.178 e. The molecule has 1 heterocycles. The Bertz CT molecular complexity index is 519. The summed E-state index contributed by atoms with van der Waals surface area (Å²) in [6.45, 7) is 0.504. The van der Waals surface area contributed by atoms with Crippen molar-refractivity contribution in [1.82, 2.24) is 4.57 Å². The molecule has 0 saturated heterocycles. The molecule has 4 heteroatoms. The van der Waals surface area contributed by atoms with Crippen molar-refractivity contribution in [3.8, 4) is 0 Å². The lowest BCUT2D eigenvalue weighted by Gasteiger charge is -2.03. The molecule has 0 fully saturated rings. The standard InChI is InChI=1S/C12H12BrNO2/c1-16-8-9(15)6-14-7-11(13)10-4-2-3-5-12(10)14/h2-5,7H,6,8H2,1H3. The molecule has 0 amide bonds. The number of ether oxygens (including phenoxy) is 1. The second kappa shape index (κ2) is 4.80. The van der Waals surface area contributed by atoms with Crippen LogP contribution in [0.2, 0.25) is 0 Å². The number of hydrogen-bond donors (Lipinski definition) is 0. The monoisotopic (exact) mass is 281 g/mol. The number of ketones is 1. The number of nitrogens with zero attached hydrogens (tertiary/aromatic N) is 1. The lowest BCUT2D eigenvalue weighted by molar-refractivity contribution is -0.123. The topological polar surface area (TPSA) is 31.2 Å². The van der Waals surface area contributed by atoms with Gasteiger partial charge in [0.05, 0.1) is 6.54 Å². The Morgan fingerprint density at radius 2 is 2.19 bits per heavy atom. The van der Waals surface area contributed by atoms with Crippen LogP contribution in [0.5, 0.6) is 0 Å². The van der Waals surface area contributed by atoms with Gasteiger partial charge in [0.1, 0.15) is 6.61 Å². The highest BCUT2D eigenvalue weighted by Crippen LogP contribution is 2.25. The second-order valence-electron chi connectivity index (χ2n) is 3.59. The first-order valence-electron chi connectivity index (χ1n) is 4.96. The summed E-state index contributed by atoms with van der Waals surface area (Å²) >= 11 is 3.48. The van der Waals surface area contributed by atoms with Crippen LogP contribution in [0.3, 0.4) is 0 Å². The molecule has 0 spiro atoms. The second-order valence-corrected chi connectivity index (χ2v) is 4.45. The van der Waals surface area contributed by atoms with Gasteiger partial charge in [0.2, 0.25) is 0 Å². The van der Waals surface area contributed by atoms with E-state index in [9.17, 15) is 4.79 Å². The van der Waals surface area contributed by atoms with E-state index < -0.39 is 0 Å². The normalized spacial score (nSPS) is 10.9. The zero-order valence-electron chi connectivity index (χ0n) is 8.94. The third-order valence-electron chi connectivity index (χ3n) is 2.39. The van der Waals surface area contributed by atoms with Crippen LogP contribution < -0.4 is 0 Å². The van der Waals surface area contributed by atoms with E-state index in [4.69, 9.17) is 4.74 Å². The van der Waals surface area contributed by atoms with Crippen molar-refractivity contribution in [2.45, 2.75) is 6.54 Å². The molecule has 84 valence electrons. The molecular weight excluding hydrogens is 270 g/mol. The summed E-state index contributed by atoms with van der Waals surface area (Å²) in [6.07, 6.45) is 1.93. The van der Waals surface area contributed by atoms with Crippen molar-refractivity contribution >= 4 is 32.6 Å². The van der Waals surface area contributed by atoms with Gasteiger partial charge in [-0.1, -0.05) is 18.2 Å². The number of fused-ring (bicyclic) bond motifs is 1. The van der Waals surface area contributed by atoms with Gasteiger partial charge in [0, 0.05) is 28.7 Å². The predicted molar refractivity (Wildman–Crippen MR) is 66.5 cm³/mol. The number of para-hydroxylation sites is 1. The average Bonchev–Trinajstić information content (AvgIpc) is 2.57. The lowest BCUT2D eigenvalue weighted by Crippen LogP contribution is -2.14. The molecule has 0 radical (unpaired) electrons. The fraction of sp³-hybridized carbons (Fsp3) is 0.250. The Kier molecular flexibility index (Phi) is 3.41. The molecule has 0 atom stereocenters. The molecule has 3 nitrogen and oxygen atoms in total. The highest BCUT2D eigenvalue weighted by molar-refractivity contribution is 9.10. The molecule has 2 aromatic rings. The van der Waals surface area contributed by atoms with Crippen molar-refractivity contribution in [2.24, 2.45) is 0 Å². The Hall–Kier alpha value is -1.13. The summed E-state index contributed by atoms with van der Waals surface area (Å²) in [5.41, 5.74) is 1.05. The molecule has 0 aliphatic heterocycles. The molecule has 0 aliphatic rings. The van der Waals surface area contributed by atoms with Gasteiger partial charge in [0.15, 0.2) is 5.78 Å². The van der Waals surface area contributed by atoms with Gasteiger partial charge in [-0.25, -0.2) is 0 Å². The molecule has 0 N–H and O–H groups in total. The maximum absolute atomic E-state index is 11.5. The van der Waals surface area contributed by atoms with Crippen LogP contribution in [0, 0.1) is 0 Å². The molecule has 0 unspecified atom stereocenters. The molecule has 2 rings (SSSR count). The van der Waals surface area contributed by atoms with E-state index in [2.05, 4.69) is 15.9 Å². The summed E-state index contributed by atoms with van der Waals surface area (Å²) < 4.78 is 7.76. The fourth-order valence-corrected chi connectivity index (χ4v) is 2.31. The van der Waals surface area contributed by atoms with Crippen LogP contribution >= 0.6 is 15.9 Å². The van der Waals surface area contributed by atoms with Gasteiger partial charge in [-0.15, -0.1) is 0 Å². The number of carbonyl (C=O) groups is 1. The molecule has 0 saturated carbocycles. The average molecular weight is 282 g/mol. The van der Waals surface area contributed by atoms with E-state index >= 15 is 0 Å². The molecular formula is C12H12BrNO2. The molecule has 1 aromatic carbocycles. The SMILES string of the molecule is COCC(=O)Cn1cc(Br)c2ccccc21. The van der Waals surface area contributed by atoms with E-state index in [1.807, 2.05) is 35.0 Å². The number of methoxy groups -OCH3 is 1. The number of aromatic nitrogens is 1. The summed E-state index contributed by atoms with van der Waals surface area (Å²) in [4.78, 5) is 11.5. The first kappa shape index (κ1) is 11.4. The van der Waals surface area contributed by atoms with Crippen LogP contribution in [-0.4, -0.2) is 24.1 Å². The van der Waals surface area contributed by atoms with Gasteiger partial charge in [0.25, 0.3) is 0 Å². The number of benzene rings is 1. The summed E-state index contributed by atoms with van der Waals surface area (Å²) in [5.74, 6) is 0.0655. The van der Waals surface area contributed by atoms with E-state index in [1.165, 1.54) is 7.11 Å². The first-order valence-corrected chi connectivity index (χ1v) is 5.75. The van der Waals surface area contributed by atoms with Crippen molar-refractivity contribution in [3.05, 3.63) is 34.9 Å². The summed E-state index contributed by atoms with van der Waals surface area (Å²) in [7, 11) is 1.53. The Morgan fingerprint density at radius 3 is 2.94 bits per heavy atom. The van der Waals surface area contributed by atoms with E-state index in [0.29, 0.717) is 6.54 Å². The Labute approximate surface area is 102 Å². The maximum Gasteiger partial charge on any atom is 0.178 e. The van der Waals surface area contributed by atoms with E-state index in [0.717, 1.165) is 15.4 Å². The largest absolute Gasteiger partial charge is 0.377 e. The van der Waals surface area contributed by atoms with Crippen LogP contribution in [0.4, 0.5) is 0 Å². The van der Waals surface area contributed by atoms with Crippen molar-refractivity contribution < 1.29 is 9.53 Å². The Balaban J connectivity index is 2.34. The number of hydrogen-bond acceptors (Lipinski definition) is 2. The molecule has 0 aliphatic carbocycles. The van der Waals surface area contributed by atoms with E-state index in [1.54, 1.807) is 0 Å². The highest BCUT2D eigenvalue weighted by atomic mass is 79.9. The number of Topliss-reactive ketones (excluding diaryl/α,β-unsaturated/α-hetero) is 1. The lowest BCUT2D eigenvalue weighted by atomic mass is 10.2. The fourth-order valence-electron chi connectivity index (χ4n) is 1.73. The van der Waals surface area contributed by atoms with Crippen LogP contribution in [0.1, 0.15) is 0 Å². The molecule has 16 heavy (non-hydrogen) atoms.